The lowest BCUT2D eigenvalue weighted by Gasteiger charge is -2.16. The maximum absolute atomic E-state index is 12.6. The van der Waals surface area contributed by atoms with Crippen LogP contribution in [-0.4, -0.2) is 29.8 Å². The molecule has 1 unspecified atom stereocenters. The molecule has 1 atom stereocenters. The molecule has 2 heterocycles. The number of H-pyrrole nitrogens is 1. The van der Waals surface area contributed by atoms with Gasteiger partial charge in [0.05, 0.1) is 19.6 Å². The van der Waals surface area contributed by atoms with Gasteiger partial charge in [-0.2, -0.15) is 0 Å². The number of carbonyl (C=O) groups is 3. The van der Waals surface area contributed by atoms with Crippen molar-refractivity contribution in [2.24, 2.45) is 0 Å². The summed E-state index contributed by atoms with van der Waals surface area (Å²) in [7, 11) is 1.31. The molecule has 0 bridgehead atoms. The van der Waals surface area contributed by atoms with Gasteiger partial charge in [-0.3, -0.25) is 14.4 Å². The van der Waals surface area contributed by atoms with E-state index in [1.807, 2.05) is 17.5 Å². The minimum absolute atomic E-state index is 0.0427. The van der Waals surface area contributed by atoms with Gasteiger partial charge in [-0.1, -0.05) is 6.07 Å². The molecule has 0 saturated heterocycles. The molecule has 24 heavy (non-hydrogen) atoms. The molecule has 0 aliphatic rings. The predicted molar refractivity (Wildman–Crippen MR) is 91.4 cm³/mol. The summed E-state index contributed by atoms with van der Waals surface area (Å²) in [4.78, 5) is 39.8. The largest absolute Gasteiger partial charge is 0.469 e. The number of methoxy groups -OCH3 is 1. The number of amides is 1. The normalized spacial score (nSPS) is 11.8. The van der Waals surface area contributed by atoms with Gasteiger partial charge in [0, 0.05) is 16.1 Å². The minimum atomic E-state index is -0.478. The second-order valence-corrected chi connectivity index (χ2v) is 6.48. The van der Waals surface area contributed by atoms with Crippen LogP contribution in [0.5, 0.6) is 0 Å². The zero-order valence-electron chi connectivity index (χ0n) is 14.1. The number of aryl methyl sites for hydroxylation is 1. The SMILES string of the molecule is COC(=O)CC(NC(=O)c1[nH]c(C)c(C(C)=O)c1C)c1cccs1. The van der Waals surface area contributed by atoms with Crippen molar-refractivity contribution in [3.63, 3.8) is 0 Å². The number of ether oxygens (including phenoxy) is 1. The molecule has 6 nitrogen and oxygen atoms in total. The van der Waals surface area contributed by atoms with E-state index in [1.165, 1.54) is 25.4 Å². The summed E-state index contributed by atoms with van der Waals surface area (Å²) in [6, 6.07) is 3.23. The number of aromatic amines is 1. The molecule has 7 heteroatoms. The first kappa shape index (κ1) is 17.9. The van der Waals surface area contributed by atoms with Gasteiger partial charge in [-0.15, -0.1) is 11.3 Å². The first-order chi connectivity index (χ1) is 11.3. The van der Waals surface area contributed by atoms with E-state index in [1.54, 1.807) is 13.8 Å². The van der Waals surface area contributed by atoms with Crippen LogP contribution in [0.25, 0.3) is 0 Å². The van der Waals surface area contributed by atoms with Gasteiger partial charge in [-0.25, -0.2) is 0 Å². The molecule has 0 aliphatic carbocycles. The molecule has 0 spiro atoms. The second-order valence-electron chi connectivity index (χ2n) is 5.50. The van der Waals surface area contributed by atoms with E-state index in [4.69, 9.17) is 4.74 Å². The zero-order valence-corrected chi connectivity index (χ0v) is 14.9. The van der Waals surface area contributed by atoms with Crippen LogP contribution in [0.3, 0.4) is 0 Å². The van der Waals surface area contributed by atoms with Crippen LogP contribution in [0.2, 0.25) is 0 Å². The number of nitrogens with one attached hydrogen (secondary N) is 2. The molecule has 0 fully saturated rings. The van der Waals surface area contributed by atoms with Crippen molar-refractivity contribution < 1.29 is 19.1 Å². The van der Waals surface area contributed by atoms with Crippen LogP contribution >= 0.6 is 11.3 Å². The number of hydrogen-bond donors (Lipinski definition) is 2. The van der Waals surface area contributed by atoms with Crippen molar-refractivity contribution in [2.75, 3.05) is 7.11 Å². The fourth-order valence-corrected chi connectivity index (χ4v) is 3.48. The van der Waals surface area contributed by atoms with Gasteiger partial charge in [0.2, 0.25) is 0 Å². The summed E-state index contributed by atoms with van der Waals surface area (Å²) in [5, 5.41) is 4.73. The van der Waals surface area contributed by atoms with Crippen molar-refractivity contribution in [3.8, 4) is 0 Å². The summed E-state index contributed by atoms with van der Waals surface area (Å²) in [6.07, 6.45) is 0.0427. The van der Waals surface area contributed by atoms with E-state index >= 15 is 0 Å². The number of esters is 1. The van der Waals surface area contributed by atoms with E-state index in [0.29, 0.717) is 22.5 Å². The summed E-state index contributed by atoms with van der Waals surface area (Å²) in [5.74, 6) is -0.854. The number of carbonyl (C=O) groups excluding carboxylic acids is 3. The average Bonchev–Trinajstić information content (AvgIpc) is 3.14. The number of rotatable bonds is 6. The number of aromatic nitrogens is 1. The summed E-state index contributed by atoms with van der Waals surface area (Å²) in [6.45, 7) is 4.96. The molecular formula is C17H20N2O4S. The highest BCUT2D eigenvalue weighted by Gasteiger charge is 2.24. The maximum Gasteiger partial charge on any atom is 0.307 e. The smallest absolute Gasteiger partial charge is 0.307 e. The van der Waals surface area contributed by atoms with Crippen molar-refractivity contribution in [3.05, 3.63) is 44.9 Å². The number of ketones is 1. The fourth-order valence-electron chi connectivity index (χ4n) is 2.70. The van der Waals surface area contributed by atoms with Gasteiger partial charge in [-0.05, 0) is 37.8 Å². The molecule has 2 rings (SSSR count). The van der Waals surface area contributed by atoms with Crippen molar-refractivity contribution >= 4 is 29.0 Å². The summed E-state index contributed by atoms with van der Waals surface area (Å²) in [5.41, 5.74) is 2.14. The first-order valence-corrected chi connectivity index (χ1v) is 8.34. The van der Waals surface area contributed by atoms with Crippen molar-refractivity contribution in [1.82, 2.24) is 10.3 Å². The van der Waals surface area contributed by atoms with E-state index in [2.05, 4.69) is 10.3 Å². The van der Waals surface area contributed by atoms with Crippen LogP contribution in [0.4, 0.5) is 0 Å². The third-order valence-corrected chi connectivity index (χ3v) is 4.79. The Morgan fingerprint density at radius 3 is 2.54 bits per heavy atom. The molecular weight excluding hydrogens is 328 g/mol. The third-order valence-electron chi connectivity index (χ3n) is 3.81. The first-order valence-electron chi connectivity index (χ1n) is 7.46. The highest BCUT2D eigenvalue weighted by atomic mass is 32.1. The Labute approximate surface area is 144 Å². The standard InChI is InChI=1S/C17H20N2O4S/c1-9-15(11(3)20)10(2)18-16(9)17(22)19-12(8-14(21)23-4)13-6-5-7-24-13/h5-7,12,18H,8H2,1-4H3,(H,19,22). The Morgan fingerprint density at radius 2 is 2.04 bits per heavy atom. The topological polar surface area (TPSA) is 88.3 Å². The molecule has 0 radical (unpaired) electrons. The summed E-state index contributed by atoms with van der Waals surface area (Å²) < 4.78 is 4.71. The Balaban J connectivity index is 2.26. The molecule has 2 N–H and O–H groups in total. The number of thiophene rings is 1. The molecule has 2 aromatic rings. The lowest BCUT2D eigenvalue weighted by Crippen LogP contribution is -2.30. The monoisotopic (exact) mass is 348 g/mol. The maximum atomic E-state index is 12.6. The van der Waals surface area contributed by atoms with Crippen LogP contribution < -0.4 is 5.32 Å². The lowest BCUT2D eigenvalue weighted by molar-refractivity contribution is -0.141. The Hall–Kier alpha value is -2.41. The molecule has 0 aromatic carbocycles. The van der Waals surface area contributed by atoms with E-state index in [0.717, 1.165) is 4.88 Å². The Morgan fingerprint density at radius 1 is 1.33 bits per heavy atom. The molecule has 0 saturated carbocycles. The van der Waals surface area contributed by atoms with Gasteiger partial charge >= 0.3 is 5.97 Å². The molecule has 1 amide bonds. The van der Waals surface area contributed by atoms with Crippen LogP contribution in [-0.2, 0) is 9.53 Å². The second kappa shape index (κ2) is 7.44. The highest BCUT2D eigenvalue weighted by Crippen LogP contribution is 2.24. The number of hydrogen-bond acceptors (Lipinski definition) is 5. The minimum Gasteiger partial charge on any atom is -0.469 e. The van der Waals surface area contributed by atoms with E-state index in [9.17, 15) is 14.4 Å². The van der Waals surface area contributed by atoms with E-state index in [-0.39, 0.29) is 18.1 Å². The lowest BCUT2D eigenvalue weighted by atomic mass is 10.1. The summed E-state index contributed by atoms with van der Waals surface area (Å²) >= 11 is 1.45. The zero-order chi connectivity index (χ0) is 17.9. The van der Waals surface area contributed by atoms with E-state index < -0.39 is 12.0 Å². The predicted octanol–water partition coefficient (Wildman–Crippen LogP) is 2.93. The molecule has 0 aliphatic heterocycles. The quantitative estimate of drug-likeness (QED) is 0.620. The average molecular weight is 348 g/mol. The van der Waals surface area contributed by atoms with Gasteiger partial charge in [0.25, 0.3) is 5.91 Å². The molecule has 128 valence electrons. The van der Waals surface area contributed by atoms with Crippen LogP contribution in [0.15, 0.2) is 17.5 Å². The third kappa shape index (κ3) is 3.73. The van der Waals surface area contributed by atoms with Gasteiger partial charge in [0.1, 0.15) is 5.69 Å². The number of Topliss-reactive ketones (excluding diaryl/α,β-unsaturated/α-hetero) is 1. The Kier molecular flexibility index (Phi) is 5.56. The van der Waals surface area contributed by atoms with Crippen LogP contribution in [0.1, 0.15) is 56.4 Å². The highest BCUT2D eigenvalue weighted by molar-refractivity contribution is 7.10. The Bertz CT molecular complexity index is 762. The van der Waals surface area contributed by atoms with Crippen molar-refractivity contribution in [2.45, 2.75) is 33.2 Å². The van der Waals surface area contributed by atoms with Crippen LogP contribution in [0, 0.1) is 13.8 Å². The van der Waals surface area contributed by atoms with Gasteiger partial charge in [0.15, 0.2) is 5.78 Å². The van der Waals surface area contributed by atoms with Crippen molar-refractivity contribution in [1.29, 1.82) is 0 Å². The van der Waals surface area contributed by atoms with Gasteiger partial charge < -0.3 is 15.0 Å². The molecule has 2 aromatic heterocycles. The fraction of sp³-hybridized carbons (Fsp3) is 0.353.